The molecule has 3 aromatic carbocycles. The number of hydrogen-bond acceptors (Lipinski definition) is 4. The summed E-state index contributed by atoms with van der Waals surface area (Å²) in [5.41, 5.74) is 4.64. The number of ketones is 1. The number of nitrogens with zero attached hydrogens (tertiary/aromatic N) is 1. The Kier molecular flexibility index (Phi) is 7.41. The Morgan fingerprint density at radius 3 is 2.37 bits per heavy atom. The maximum atomic E-state index is 12.9. The molecule has 0 radical (unpaired) electrons. The van der Waals surface area contributed by atoms with Crippen molar-refractivity contribution in [3.63, 3.8) is 0 Å². The second-order valence-electron chi connectivity index (χ2n) is 7.33. The zero-order valence-electron chi connectivity index (χ0n) is 17.8. The highest BCUT2D eigenvalue weighted by Gasteiger charge is 2.11. The summed E-state index contributed by atoms with van der Waals surface area (Å²) in [4.78, 5) is 15.0. The molecule has 4 heteroatoms. The van der Waals surface area contributed by atoms with Crippen molar-refractivity contribution in [2.75, 3.05) is 39.6 Å². The number of likely N-dealkylation sites (N-methyl/N-ethyl adjacent to an activating group) is 1. The molecule has 4 nitrogen and oxygen atoms in total. The van der Waals surface area contributed by atoms with Crippen molar-refractivity contribution in [2.24, 2.45) is 0 Å². The third-order valence-corrected chi connectivity index (χ3v) is 4.80. The number of methoxy groups -OCH3 is 1. The Bertz CT molecular complexity index is 993. The van der Waals surface area contributed by atoms with Gasteiger partial charge in [0.1, 0.15) is 5.75 Å². The number of allylic oxidation sites excluding steroid dienone is 1. The van der Waals surface area contributed by atoms with Gasteiger partial charge in [-0.25, -0.2) is 0 Å². The van der Waals surface area contributed by atoms with Gasteiger partial charge in [0.15, 0.2) is 5.78 Å². The number of carbonyl (C=O) groups is 1. The van der Waals surface area contributed by atoms with Crippen molar-refractivity contribution in [3.05, 3.63) is 90.0 Å². The van der Waals surface area contributed by atoms with Crippen molar-refractivity contribution in [1.82, 2.24) is 4.90 Å². The summed E-state index contributed by atoms with van der Waals surface area (Å²) >= 11 is 0. The van der Waals surface area contributed by atoms with Gasteiger partial charge in [0.05, 0.1) is 12.7 Å². The van der Waals surface area contributed by atoms with Gasteiger partial charge in [-0.2, -0.15) is 0 Å². The molecule has 0 aromatic heterocycles. The Morgan fingerprint density at radius 2 is 1.70 bits per heavy atom. The van der Waals surface area contributed by atoms with Gasteiger partial charge in [0.2, 0.25) is 0 Å². The highest BCUT2D eigenvalue weighted by Crippen LogP contribution is 2.27. The van der Waals surface area contributed by atoms with Gasteiger partial charge >= 0.3 is 0 Å². The van der Waals surface area contributed by atoms with Crippen LogP contribution in [0.15, 0.2) is 78.9 Å². The molecule has 0 aliphatic rings. The number of nitrogens with one attached hydrogen (secondary N) is 1. The van der Waals surface area contributed by atoms with Gasteiger partial charge in [0, 0.05) is 18.8 Å². The number of rotatable bonds is 9. The van der Waals surface area contributed by atoms with Gasteiger partial charge < -0.3 is 15.0 Å². The van der Waals surface area contributed by atoms with E-state index in [9.17, 15) is 4.79 Å². The van der Waals surface area contributed by atoms with Gasteiger partial charge in [-0.05, 0) is 61.1 Å². The fourth-order valence-corrected chi connectivity index (χ4v) is 3.11. The smallest absolute Gasteiger partial charge is 0.189 e. The summed E-state index contributed by atoms with van der Waals surface area (Å²) in [5.74, 6) is 0.489. The Balaban J connectivity index is 1.72. The lowest BCUT2D eigenvalue weighted by Gasteiger charge is -2.11. The molecule has 0 bridgehead atoms. The summed E-state index contributed by atoms with van der Waals surface area (Å²) in [5, 5.41) is 3.38. The van der Waals surface area contributed by atoms with E-state index in [2.05, 4.69) is 24.3 Å². The molecule has 0 saturated carbocycles. The molecule has 0 unspecified atom stereocenters. The first-order valence-corrected chi connectivity index (χ1v) is 10.0. The average Bonchev–Trinajstić information content (AvgIpc) is 2.78. The van der Waals surface area contributed by atoms with Crippen LogP contribution in [0.4, 0.5) is 5.69 Å². The first-order valence-electron chi connectivity index (χ1n) is 10.0. The summed E-state index contributed by atoms with van der Waals surface area (Å²) in [6.07, 6.45) is 3.43. The van der Waals surface area contributed by atoms with Crippen LogP contribution in [0.1, 0.15) is 15.9 Å². The molecule has 0 spiro atoms. The normalized spacial score (nSPS) is 11.1. The number of hydrogen-bond donors (Lipinski definition) is 1. The predicted octanol–water partition coefficient (Wildman–Crippen LogP) is 5.23. The van der Waals surface area contributed by atoms with Crippen LogP contribution in [0.5, 0.6) is 5.75 Å². The van der Waals surface area contributed by atoms with Crippen molar-refractivity contribution >= 4 is 17.5 Å². The molecule has 0 fully saturated rings. The van der Waals surface area contributed by atoms with Crippen molar-refractivity contribution in [2.45, 2.75) is 0 Å². The van der Waals surface area contributed by atoms with E-state index >= 15 is 0 Å². The van der Waals surface area contributed by atoms with E-state index < -0.39 is 0 Å². The number of anilines is 1. The first kappa shape index (κ1) is 21.3. The van der Waals surface area contributed by atoms with Crippen LogP contribution in [0.3, 0.4) is 0 Å². The van der Waals surface area contributed by atoms with Crippen molar-refractivity contribution in [3.8, 4) is 16.9 Å². The van der Waals surface area contributed by atoms with Crippen LogP contribution in [0.25, 0.3) is 17.2 Å². The van der Waals surface area contributed by atoms with Crippen LogP contribution < -0.4 is 10.1 Å². The lowest BCUT2D eigenvalue weighted by atomic mass is 10.00. The van der Waals surface area contributed by atoms with E-state index in [1.165, 1.54) is 0 Å². The average molecular weight is 401 g/mol. The molecule has 0 saturated heterocycles. The predicted molar refractivity (Wildman–Crippen MR) is 125 cm³/mol. The van der Waals surface area contributed by atoms with Gasteiger partial charge in [-0.3, -0.25) is 4.79 Å². The molecular weight excluding hydrogens is 372 g/mol. The van der Waals surface area contributed by atoms with E-state index in [0.717, 1.165) is 35.5 Å². The number of ether oxygens (including phenoxy) is 1. The van der Waals surface area contributed by atoms with Crippen LogP contribution in [0, 0.1) is 0 Å². The molecule has 0 atom stereocenters. The van der Waals surface area contributed by atoms with Gasteiger partial charge in [0.25, 0.3) is 0 Å². The minimum Gasteiger partial charge on any atom is -0.496 e. The number of carbonyl (C=O) groups excluding carboxylic acids is 1. The van der Waals surface area contributed by atoms with Crippen molar-refractivity contribution < 1.29 is 9.53 Å². The molecule has 30 heavy (non-hydrogen) atoms. The van der Waals surface area contributed by atoms with E-state index in [1.807, 2.05) is 78.9 Å². The second kappa shape index (κ2) is 10.4. The Hall–Kier alpha value is -3.37. The summed E-state index contributed by atoms with van der Waals surface area (Å²) < 4.78 is 5.41. The largest absolute Gasteiger partial charge is 0.496 e. The molecule has 3 rings (SSSR count). The monoisotopic (exact) mass is 400 g/mol. The molecule has 0 aliphatic carbocycles. The van der Waals surface area contributed by atoms with Crippen LogP contribution in [0.2, 0.25) is 0 Å². The summed E-state index contributed by atoms with van der Waals surface area (Å²) in [7, 11) is 5.69. The van der Waals surface area contributed by atoms with Crippen molar-refractivity contribution in [1.29, 1.82) is 0 Å². The lowest BCUT2D eigenvalue weighted by molar-refractivity contribution is 0.104. The van der Waals surface area contributed by atoms with Crippen LogP contribution >= 0.6 is 0 Å². The van der Waals surface area contributed by atoms with Crippen LogP contribution in [-0.2, 0) is 0 Å². The second-order valence-corrected chi connectivity index (χ2v) is 7.33. The maximum Gasteiger partial charge on any atom is 0.189 e. The third kappa shape index (κ3) is 5.82. The topological polar surface area (TPSA) is 41.6 Å². The number of benzene rings is 3. The molecular formula is C26H28N2O2. The summed E-state index contributed by atoms with van der Waals surface area (Å²) in [6, 6.07) is 23.8. The zero-order valence-corrected chi connectivity index (χ0v) is 17.8. The Morgan fingerprint density at radius 1 is 0.967 bits per heavy atom. The molecule has 154 valence electrons. The SMILES string of the molecule is COc1ccc(-c2ccccc2)cc1C(=O)C=Cc1ccc(NCCN(C)C)cc1. The maximum absolute atomic E-state index is 12.9. The highest BCUT2D eigenvalue weighted by atomic mass is 16.5. The van der Waals surface area contributed by atoms with E-state index in [1.54, 1.807) is 13.2 Å². The molecule has 0 heterocycles. The van der Waals surface area contributed by atoms with Crippen LogP contribution in [-0.4, -0.2) is 45.0 Å². The minimum absolute atomic E-state index is 0.0854. The van der Waals surface area contributed by atoms with Gasteiger partial charge in [-0.15, -0.1) is 0 Å². The van der Waals surface area contributed by atoms with Gasteiger partial charge in [-0.1, -0.05) is 54.6 Å². The van der Waals surface area contributed by atoms with E-state index in [0.29, 0.717) is 11.3 Å². The molecule has 0 aliphatic heterocycles. The standard InChI is InChI=1S/C26H28N2O2/c1-28(2)18-17-27-23-13-9-20(10-14-23)11-15-25(29)24-19-22(12-16-26(24)30-3)21-7-5-4-6-8-21/h4-16,19,27H,17-18H2,1-3H3. The van der Waals surface area contributed by atoms with E-state index in [4.69, 9.17) is 4.74 Å². The zero-order chi connectivity index (χ0) is 21.3. The highest BCUT2D eigenvalue weighted by molar-refractivity contribution is 6.09. The Labute approximate surface area is 178 Å². The fraction of sp³-hybridized carbons (Fsp3) is 0.192. The summed E-state index contributed by atoms with van der Waals surface area (Å²) in [6.45, 7) is 1.86. The molecule has 1 N–H and O–H groups in total. The first-order chi connectivity index (χ1) is 14.6. The van der Waals surface area contributed by atoms with E-state index in [-0.39, 0.29) is 5.78 Å². The molecule has 0 amide bonds. The third-order valence-electron chi connectivity index (χ3n) is 4.80. The lowest BCUT2D eigenvalue weighted by Crippen LogP contribution is -2.20. The molecule has 3 aromatic rings. The fourth-order valence-electron chi connectivity index (χ4n) is 3.11. The minimum atomic E-state index is -0.0854. The quantitative estimate of drug-likeness (QED) is 0.394.